The van der Waals surface area contributed by atoms with Crippen molar-refractivity contribution in [3.05, 3.63) is 29.8 Å². The van der Waals surface area contributed by atoms with E-state index in [9.17, 15) is 0 Å². The Hall–Kier alpha value is -0.500. The van der Waals surface area contributed by atoms with Crippen LogP contribution in [0, 0.1) is 0 Å². The fourth-order valence-electron chi connectivity index (χ4n) is 3.93. The topological polar surface area (TPSA) is 3.24 Å². The van der Waals surface area contributed by atoms with Crippen LogP contribution in [0.5, 0.6) is 0 Å². The van der Waals surface area contributed by atoms with Crippen LogP contribution in [0.15, 0.2) is 24.3 Å². The zero-order chi connectivity index (χ0) is 18.9. The summed E-state index contributed by atoms with van der Waals surface area (Å²) in [5.74, 6) is 0. The van der Waals surface area contributed by atoms with Gasteiger partial charge in [0.2, 0.25) is 0 Å². The maximum absolute atomic E-state index is 2.48. The highest BCUT2D eigenvalue weighted by Crippen LogP contribution is 2.22. The lowest BCUT2D eigenvalue weighted by molar-refractivity contribution is 0.539. The zero-order valence-electron chi connectivity index (χ0n) is 18.5. The molecule has 0 aliphatic rings. The van der Waals surface area contributed by atoms with Gasteiger partial charge in [0.1, 0.15) is 0 Å². The summed E-state index contributed by atoms with van der Waals surface area (Å²) in [7, 11) is 0. The second-order valence-corrected chi connectivity index (χ2v) is 7.79. The van der Waals surface area contributed by atoms with Crippen molar-refractivity contribution in [1.82, 2.24) is 0 Å². The third kappa shape index (κ3) is 12.5. The largest absolute Gasteiger partial charge is 0.372 e. The molecule has 1 aromatic rings. The van der Waals surface area contributed by atoms with Crippen LogP contribution < -0.4 is 4.90 Å². The van der Waals surface area contributed by atoms with Crippen molar-refractivity contribution in [2.24, 2.45) is 0 Å². The van der Waals surface area contributed by atoms with Crippen LogP contribution in [0.2, 0.25) is 0 Å². The first-order valence-corrected chi connectivity index (χ1v) is 11.7. The van der Waals surface area contributed by atoms with Crippen LogP contribution in [-0.4, -0.2) is 13.1 Å². The molecule has 0 spiro atoms. The molecule has 0 aliphatic carbocycles. The van der Waals surface area contributed by atoms with E-state index in [0.29, 0.717) is 0 Å². The zero-order valence-corrected chi connectivity index (χ0v) is 20.2. The summed E-state index contributed by atoms with van der Waals surface area (Å²) in [5, 5.41) is 0. The Morgan fingerprint density at radius 2 is 1.04 bits per heavy atom. The third-order valence-electron chi connectivity index (χ3n) is 5.65. The quantitative estimate of drug-likeness (QED) is 0.219. The Bertz CT molecular complexity index is 428. The number of nitrogens with zero attached hydrogens (tertiary/aromatic N) is 1. The van der Waals surface area contributed by atoms with Gasteiger partial charge in [-0.15, -0.1) is 17.0 Å². The van der Waals surface area contributed by atoms with Crippen molar-refractivity contribution < 1.29 is 0 Å². The molecule has 27 heavy (non-hydrogen) atoms. The Kier molecular flexibility index (Phi) is 18.5. The lowest BCUT2D eigenvalue weighted by atomic mass is 10.0. The van der Waals surface area contributed by atoms with Crippen LogP contribution in [0.4, 0.5) is 5.69 Å². The van der Waals surface area contributed by atoms with E-state index in [1.54, 1.807) is 5.56 Å². The highest BCUT2D eigenvalue weighted by Gasteiger charge is 2.07. The predicted molar refractivity (Wildman–Crippen MR) is 130 cm³/mol. The molecule has 0 saturated heterocycles. The van der Waals surface area contributed by atoms with Crippen molar-refractivity contribution >= 4 is 22.7 Å². The first kappa shape index (κ1) is 26.5. The van der Waals surface area contributed by atoms with Gasteiger partial charge in [-0.2, -0.15) is 0 Å². The van der Waals surface area contributed by atoms with Crippen molar-refractivity contribution in [3.8, 4) is 0 Å². The lowest BCUT2D eigenvalue weighted by Gasteiger charge is -2.24. The minimum atomic E-state index is 0. The lowest BCUT2D eigenvalue weighted by Crippen LogP contribution is -2.23. The molecule has 1 rings (SSSR count). The molecule has 158 valence electrons. The van der Waals surface area contributed by atoms with Gasteiger partial charge in [-0.3, -0.25) is 0 Å². The molecule has 1 nitrogen and oxygen atoms in total. The van der Waals surface area contributed by atoms with Crippen molar-refractivity contribution in [2.75, 3.05) is 18.0 Å². The summed E-state index contributed by atoms with van der Waals surface area (Å²) in [4.78, 5) is 2.48. The average molecular weight is 441 g/mol. The van der Waals surface area contributed by atoms with Gasteiger partial charge in [-0.1, -0.05) is 102 Å². The number of benzene rings is 1. The molecule has 0 bridgehead atoms. The molecule has 1 aromatic carbocycles. The minimum Gasteiger partial charge on any atom is -0.372 e. The number of rotatable bonds is 17. The van der Waals surface area contributed by atoms with Gasteiger partial charge in [-0.05, 0) is 38.3 Å². The monoisotopic (exact) mass is 439 g/mol. The summed E-state index contributed by atoms with van der Waals surface area (Å²) >= 11 is 0. The van der Waals surface area contributed by atoms with Gasteiger partial charge >= 0.3 is 0 Å². The Morgan fingerprint density at radius 3 is 1.52 bits per heavy atom. The van der Waals surface area contributed by atoms with Gasteiger partial charge in [0.05, 0.1) is 0 Å². The highest BCUT2D eigenvalue weighted by atomic mass is 79.9. The summed E-state index contributed by atoms with van der Waals surface area (Å²) < 4.78 is 0. The van der Waals surface area contributed by atoms with Crippen molar-refractivity contribution in [1.29, 1.82) is 0 Å². The third-order valence-corrected chi connectivity index (χ3v) is 5.65. The predicted octanol–water partition coefficient (Wildman–Crippen LogP) is 8.74. The number of hydrogen-bond acceptors (Lipinski definition) is 1. The Labute approximate surface area is 181 Å². The second-order valence-electron chi connectivity index (χ2n) is 7.79. The molecule has 0 aromatic heterocycles. The van der Waals surface area contributed by atoms with Crippen molar-refractivity contribution in [3.63, 3.8) is 0 Å². The maximum Gasteiger partial charge on any atom is 0.0398 e. The summed E-state index contributed by atoms with van der Waals surface area (Å²) in [5.41, 5.74) is 3.00. The number of para-hydroxylation sites is 1. The Balaban J connectivity index is 0.00000676. The molecule has 2 heteroatoms. The van der Waals surface area contributed by atoms with Crippen LogP contribution in [0.3, 0.4) is 0 Å². The normalized spacial score (nSPS) is 10.6. The van der Waals surface area contributed by atoms with Crippen LogP contribution in [0.1, 0.15) is 110 Å². The molecule has 0 fully saturated rings. The first-order chi connectivity index (χ1) is 12.8. The fourth-order valence-corrected chi connectivity index (χ4v) is 3.93. The number of aryl methyl sites for hydroxylation is 1. The first-order valence-electron chi connectivity index (χ1n) is 11.7. The highest BCUT2D eigenvalue weighted by molar-refractivity contribution is 8.93. The Morgan fingerprint density at radius 1 is 0.593 bits per heavy atom. The van der Waals surface area contributed by atoms with E-state index in [0.717, 1.165) is 13.1 Å². The van der Waals surface area contributed by atoms with E-state index in [1.165, 1.54) is 95.6 Å². The molecular weight excluding hydrogens is 394 g/mol. The molecule has 0 heterocycles. The number of halogens is 1. The standard InChI is InChI=1S/C25H45N.BrH/c1-4-7-8-9-10-11-12-13-14-15-16-17-18-21-24-22-19-20-23-25(24)26(5-2)6-3;/h19-20,22-23H,4-18,21H2,1-3H3;1H. The summed E-state index contributed by atoms with van der Waals surface area (Å²) in [6.45, 7) is 9.01. The average Bonchev–Trinajstić information content (AvgIpc) is 2.67. The molecule has 0 radical (unpaired) electrons. The van der Waals surface area contributed by atoms with Crippen LogP contribution in [0.25, 0.3) is 0 Å². The number of unbranched alkanes of at least 4 members (excludes halogenated alkanes) is 12. The smallest absolute Gasteiger partial charge is 0.0398 e. The van der Waals surface area contributed by atoms with Crippen molar-refractivity contribution in [2.45, 2.75) is 111 Å². The summed E-state index contributed by atoms with van der Waals surface area (Å²) in [6, 6.07) is 9.00. The van der Waals surface area contributed by atoms with E-state index < -0.39 is 0 Å². The molecule has 0 atom stereocenters. The molecule has 0 unspecified atom stereocenters. The van der Waals surface area contributed by atoms with Gasteiger partial charge in [-0.25, -0.2) is 0 Å². The van der Waals surface area contributed by atoms with E-state index in [-0.39, 0.29) is 17.0 Å². The SMILES string of the molecule is Br.CCCCCCCCCCCCCCCc1ccccc1N(CC)CC. The van der Waals surface area contributed by atoms with Crippen LogP contribution in [-0.2, 0) is 6.42 Å². The number of hydrogen-bond donors (Lipinski definition) is 0. The summed E-state index contributed by atoms with van der Waals surface area (Å²) in [6.07, 6.45) is 19.8. The van der Waals surface area contributed by atoms with Gasteiger partial charge < -0.3 is 4.90 Å². The van der Waals surface area contributed by atoms with Gasteiger partial charge in [0, 0.05) is 18.8 Å². The second kappa shape index (κ2) is 18.8. The minimum absolute atomic E-state index is 0. The van der Waals surface area contributed by atoms with Crippen LogP contribution >= 0.6 is 17.0 Å². The molecule has 0 aliphatic heterocycles. The molecule has 0 N–H and O–H groups in total. The molecule has 0 amide bonds. The molecule has 0 saturated carbocycles. The van der Waals surface area contributed by atoms with E-state index in [4.69, 9.17) is 0 Å². The number of anilines is 1. The van der Waals surface area contributed by atoms with Gasteiger partial charge in [0.15, 0.2) is 0 Å². The fraction of sp³-hybridized carbons (Fsp3) is 0.760. The van der Waals surface area contributed by atoms with E-state index in [2.05, 4.69) is 49.9 Å². The maximum atomic E-state index is 2.48. The van der Waals surface area contributed by atoms with E-state index in [1.807, 2.05) is 0 Å². The van der Waals surface area contributed by atoms with Gasteiger partial charge in [0.25, 0.3) is 0 Å². The van der Waals surface area contributed by atoms with E-state index >= 15 is 0 Å². The molecular formula is C25H46BrN.